The number of alkyl halides is 6. The standard InChI is InChI=1S/C17H26F6N2O8S2/c1-4-14(2,3)13(27)33-11-5-6-12(26)24-7-9-25(10-8-24)34(28,29)16(20,21)15(18,19)17(22,23)35(30,31)32/h4-11H2,1-3H3,(H,30,31,32)/p-1. The number of hydrogen-bond donors (Lipinski definition) is 0. The van der Waals surface area contributed by atoms with E-state index in [1.807, 2.05) is 0 Å². The van der Waals surface area contributed by atoms with Gasteiger partial charge in [0.2, 0.25) is 5.91 Å². The molecule has 1 amide bonds. The monoisotopic (exact) mass is 563 g/mol. The second kappa shape index (κ2) is 10.4. The largest absolute Gasteiger partial charge is 0.743 e. The highest BCUT2D eigenvalue weighted by Crippen LogP contribution is 2.51. The van der Waals surface area contributed by atoms with Crippen LogP contribution in [0.25, 0.3) is 0 Å². The summed E-state index contributed by atoms with van der Waals surface area (Å²) in [5, 5.41) is -13.6. The molecule has 0 aliphatic carbocycles. The number of rotatable bonds is 11. The van der Waals surface area contributed by atoms with Gasteiger partial charge in [-0.15, -0.1) is 0 Å². The average Bonchev–Trinajstić information content (AvgIpc) is 2.75. The molecule has 1 heterocycles. The minimum absolute atomic E-state index is 0.0753. The number of amides is 1. The lowest BCUT2D eigenvalue weighted by molar-refractivity contribution is -0.247. The summed E-state index contributed by atoms with van der Waals surface area (Å²) < 4.78 is 142. The van der Waals surface area contributed by atoms with E-state index in [4.69, 9.17) is 4.74 Å². The number of nitrogens with zero attached hydrogens (tertiary/aromatic N) is 2. The van der Waals surface area contributed by atoms with E-state index in [9.17, 15) is 57.3 Å². The van der Waals surface area contributed by atoms with Crippen LogP contribution in [0.3, 0.4) is 0 Å². The molecule has 1 rings (SSSR count). The molecule has 10 nitrogen and oxygen atoms in total. The second-order valence-electron chi connectivity index (χ2n) is 8.32. The molecule has 0 unspecified atom stereocenters. The fourth-order valence-electron chi connectivity index (χ4n) is 2.71. The normalized spacial score (nSPS) is 17.4. The molecule has 0 N–H and O–H groups in total. The van der Waals surface area contributed by atoms with Gasteiger partial charge in [-0.3, -0.25) is 9.59 Å². The maximum atomic E-state index is 14.0. The first-order valence-corrected chi connectivity index (χ1v) is 13.0. The number of sulfonamides is 1. The summed E-state index contributed by atoms with van der Waals surface area (Å²) in [6.07, 6.45) is 0.396. The minimum atomic E-state index is -7.36. The van der Waals surface area contributed by atoms with Crippen molar-refractivity contribution in [3.63, 3.8) is 0 Å². The molecule has 35 heavy (non-hydrogen) atoms. The topological polar surface area (TPSA) is 141 Å². The predicted octanol–water partition coefficient (Wildman–Crippen LogP) is 1.59. The van der Waals surface area contributed by atoms with Gasteiger partial charge in [-0.2, -0.15) is 30.6 Å². The van der Waals surface area contributed by atoms with E-state index in [0.29, 0.717) is 6.42 Å². The zero-order valence-corrected chi connectivity index (χ0v) is 20.5. The van der Waals surface area contributed by atoms with Gasteiger partial charge in [0.25, 0.3) is 10.0 Å². The zero-order chi connectivity index (χ0) is 27.7. The number of esters is 1. The van der Waals surface area contributed by atoms with Crippen LogP contribution >= 0.6 is 0 Å². The third-order valence-electron chi connectivity index (χ3n) is 5.50. The summed E-state index contributed by atoms with van der Waals surface area (Å²) in [7, 11) is -13.9. The van der Waals surface area contributed by atoms with Gasteiger partial charge in [-0.25, -0.2) is 16.8 Å². The molecule has 1 saturated heterocycles. The van der Waals surface area contributed by atoms with Crippen LogP contribution in [0.15, 0.2) is 0 Å². The maximum absolute atomic E-state index is 14.0. The van der Waals surface area contributed by atoms with E-state index < -0.39 is 80.0 Å². The SMILES string of the molecule is CCC(C)(C)C(=O)OCCCC(=O)N1CCN(S(=O)(=O)C(F)(F)C(F)(F)C(F)(F)S(=O)(=O)[O-])CC1. The number of piperazine rings is 1. The van der Waals surface area contributed by atoms with Crippen LogP contribution in [0.2, 0.25) is 0 Å². The Morgan fingerprint density at radius 2 is 1.40 bits per heavy atom. The van der Waals surface area contributed by atoms with Crippen molar-refractivity contribution in [1.29, 1.82) is 0 Å². The van der Waals surface area contributed by atoms with Crippen molar-refractivity contribution in [3.05, 3.63) is 0 Å². The van der Waals surface area contributed by atoms with Crippen molar-refractivity contribution >= 4 is 32.0 Å². The molecule has 0 saturated carbocycles. The Balaban J connectivity index is 2.78. The van der Waals surface area contributed by atoms with E-state index >= 15 is 0 Å². The highest BCUT2D eigenvalue weighted by molar-refractivity contribution is 7.90. The third-order valence-corrected chi connectivity index (χ3v) is 8.34. The van der Waals surface area contributed by atoms with E-state index in [2.05, 4.69) is 0 Å². The van der Waals surface area contributed by atoms with Crippen molar-refractivity contribution in [2.24, 2.45) is 5.41 Å². The molecule has 0 aromatic rings. The second-order valence-corrected chi connectivity index (χ2v) is 11.7. The fraction of sp³-hybridized carbons (Fsp3) is 0.882. The molecule has 1 aliphatic heterocycles. The summed E-state index contributed by atoms with van der Waals surface area (Å²) >= 11 is 0. The molecular weight excluding hydrogens is 538 g/mol. The summed E-state index contributed by atoms with van der Waals surface area (Å²) in [4.78, 5) is 25.0. The van der Waals surface area contributed by atoms with Crippen molar-refractivity contribution in [1.82, 2.24) is 9.21 Å². The predicted molar refractivity (Wildman–Crippen MR) is 106 cm³/mol. The lowest BCUT2D eigenvalue weighted by Crippen LogP contribution is -2.64. The van der Waals surface area contributed by atoms with Gasteiger partial charge in [-0.1, -0.05) is 6.92 Å². The van der Waals surface area contributed by atoms with Crippen LogP contribution in [-0.2, 0) is 34.5 Å². The van der Waals surface area contributed by atoms with Gasteiger partial charge in [0.1, 0.15) is 0 Å². The first-order valence-electron chi connectivity index (χ1n) is 10.1. The summed E-state index contributed by atoms with van der Waals surface area (Å²) in [5.41, 5.74) is -0.730. The van der Waals surface area contributed by atoms with Gasteiger partial charge < -0.3 is 14.2 Å². The molecule has 0 bridgehead atoms. The van der Waals surface area contributed by atoms with Crippen molar-refractivity contribution < 1.29 is 62.1 Å². The number of halogens is 6. The number of carbonyl (C=O) groups is 2. The Bertz CT molecular complexity index is 1010. The Labute approximate surface area is 198 Å². The quantitative estimate of drug-likeness (QED) is 0.160. The highest BCUT2D eigenvalue weighted by Gasteiger charge is 2.80. The van der Waals surface area contributed by atoms with Crippen LogP contribution in [0, 0.1) is 5.41 Å². The molecule has 1 fully saturated rings. The molecule has 0 radical (unpaired) electrons. The van der Waals surface area contributed by atoms with Gasteiger partial charge in [0.15, 0.2) is 10.1 Å². The smallest absolute Gasteiger partial charge is 0.428 e. The van der Waals surface area contributed by atoms with Crippen LogP contribution in [0.1, 0.15) is 40.0 Å². The number of ether oxygens (including phenoxy) is 1. The van der Waals surface area contributed by atoms with Gasteiger partial charge in [0, 0.05) is 32.6 Å². The minimum Gasteiger partial charge on any atom is -0.743 e. The Morgan fingerprint density at radius 3 is 1.83 bits per heavy atom. The molecule has 18 heteroatoms. The molecule has 0 aromatic carbocycles. The Hall–Kier alpha value is -1.66. The summed E-state index contributed by atoms with van der Waals surface area (Å²) in [6.45, 7) is 1.86. The number of carbonyl (C=O) groups excluding carboxylic acids is 2. The van der Waals surface area contributed by atoms with Crippen molar-refractivity contribution in [2.45, 2.75) is 56.5 Å². The lowest BCUT2D eigenvalue weighted by Gasteiger charge is -2.38. The maximum Gasteiger partial charge on any atom is 0.428 e. The highest BCUT2D eigenvalue weighted by atomic mass is 32.2. The zero-order valence-electron chi connectivity index (χ0n) is 18.9. The summed E-state index contributed by atoms with van der Waals surface area (Å²) in [5.74, 6) is -8.18. The van der Waals surface area contributed by atoms with Crippen LogP contribution in [0.4, 0.5) is 26.3 Å². The number of hydrogen-bond acceptors (Lipinski definition) is 8. The van der Waals surface area contributed by atoms with E-state index in [-0.39, 0.29) is 23.8 Å². The molecule has 0 spiro atoms. The Kier molecular flexibility index (Phi) is 9.30. The molecule has 0 atom stereocenters. The van der Waals surface area contributed by atoms with E-state index in [0.717, 1.165) is 4.90 Å². The Morgan fingerprint density at radius 1 is 0.914 bits per heavy atom. The molecular formula is C17H25F6N2O8S2-. The first kappa shape index (κ1) is 31.4. The van der Waals surface area contributed by atoms with Gasteiger partial charge in [0.05, 0.1) is 12.0 Å². The first-order chi connectivity index (χ1) is 15.6. The van der Waals surface area contributed by atoms with Crippen LogP contribution in [0.5, 0.6) is 0 Å². The average molecular weight is 564 g/mol. The molecule has 206 valence electrons. The van der Waals surface area contributed by atoms with E-state index in [1.165, 1.54) is 0 Å². The van der Waals surface area contributed by atoms with Crippen molar-refractivity contribution in [3.8, 4) is 0 Å². The molecule has 0 aromatic heterocycles. The van der Waals surface area contributed by atoms with E-state index in [1.54, 1.807) is 20.8 Å². The third kappa shape index (κ3) is 6.02. The van der Waals surface area contributed by atoms with Crippen molar-refractivity contribution in [2.75, 3.05) is 32.8 Å². The fourth-order valence-corrected chi connectivity index (χ4v) is 4.64. The van der Waals surface area contributed by atoms with Crippen LogP contribution in [-0.4, -0.2) is 91.7 Å². The lowest BCUT2D eigenvalue weighted by atomic mass is 9.91. The van der Waals surface area contributed by atoms with Crippen LogP contribution < -0.4 is 0 Å². The molecule has 1 aliphatic rings. The van der Waals surface area contributed by atoms with Gasteiger partial charge >= 0.3 is 22.4 Å². The summed E-state index contributed by atoms with van der Waals surface area (Å²) in [6, 6.07) is 0. The van der Waals surface area contributed by atoms with Gasteiger partial charge in [-0.05, 0) is 26.7 Å².